The zero-order valence-electron chi connectivity index (χ0n) is 14.9. The van der Waals surface area contributed by atoms with Crippen LogP contribution in [0.2, 0.25) is 0 Å². The first kappa shape index (κ1) is 18.0. The first-order valence-corrected chi connectivity index (χ1v) is 8.14. The summed E-state index contributed by atoms with van der Waals surface area (Å²) in [6.45, 7) is 16.4. The molecule has 0 aliphatic carbocycles. The Morgan fingerprint density at radius 1 is 1.00 bits per heavy atom. The standard InChI is InChI=1S/C19H33NO/c1-8-9-17(14-20-19(5,6)7)21-16-12-10-15(11-13-16)18(2,3)4/h10-13,17,20H,8-9,14H2,1-7H3. The monoisotopic (exact) mass is 291 g/mol. The summed E-state index contributed by atoms with van der Waals surface area (Å²) >= 11 is 0. The molecule has 0 heterocycles. The third-order valence-corrected chi connectivity index (χ3v) is 3.49. The van der Waals surface area contributed by atoms with Crippen LogP contribution in [0.5, 0.6) is 5.75 Å². The molecule has 0 bridgehead atoms. The number of hydrogen-bond acceptors (Lipinski definition) is 2. The quantitative estimate of drug-likeness (QED) is 0.803. The molecule has 1 rings (SSSR count). The first-order valence-electron chi connectivity index (χ1n) is 8.14. The largest absolute Gasteiger partial charge is 0.489 e. The molecule has 2 nitrogen and oxygen atoms in total. The van der Waals surface area contributed by atoms with Gasteiger partial charge in [-0.1, -0.05) is 46.2 Å². The SMILES string of the molecule is CCCC(CNC(C)(C)C)Oc1ccc(C(C)(C)C)cc1. The Balaban J connectivity index is 2.66. The highest BCUT2D eigenvalue weighted by molar-refractivity contribution is 5.31. The normalized spacial score (nSPS) is 14.0. The third-order valence-electron chi connectivity index (χ3n) is 3.49. The lowest BCUT2D eigenvalue weighted by Crippen LogP contribution is -2.42. The second-order valence-electron chi connectivity index (χ2n) is 7.93. The van der Waals surface area contributed by atoms with Gasteiger partial charge in [-0.25, -0.2) is 0 Å². The molecule has 0 radical (unpaired) electrons. The van der Waals surface area contributed by atoms with Gasteiger partial charge in [0.05, 0.1) is 0 Å². The number of benzene rings is 1. The topological polar surface area (TPSA) is 21.3 Å². The number of hydrogen-bond donors (Lipinski definition) is 1. The average molecular weight is 291 g/mol. The van der Waals surface area contributed by atoms with E-state index in [0.717, 1.165) is 25.1 Å². The maximum absolute atomic E-state index is 6.16. The Kier molecular flexibility index (Phi) is 6.27. The van der Waals surface area contributed by atoms with E-state index in [-0.39, 0.29) is 17.1 Å². The van der Waals surface area contributed by atoms with Crippen molar-refractivity contribution in [3.63, 3.8) is 0 Å². The predicted octanol–water partition coefficient (Wildman–Crippen LogP) is 4.92. The summed E-state index contributed by atoms with van der Waals surface area (Å²) in [6, 6.07) is 8.55. The second-order valence-corrected chi connectivity index (χ2v) is 7.93. The van der Waals surface area contributed by atoms with Crippen molar-refractivity contribution in [3.05, 3.63) is 29.8 Å². The van der Waals surface area contributed by atoms with Crippen LogP contribution in [0, 0.1) is 0 Å². The van der Waals surface area contributed by atoms with Crippen LogP contribution in [0.1, 0.15) is 66.9 Å². The first-order chi connectivity index (χ1) is 9.62. The Hall–Kier alpha value is -1.02. The van der Waals surface area contributed by atoms with Gasteiger partial charge in [0.25, 0.3) is 0 Å². The zero-order valence-corrected chi connectivity index (χ0v) is 14.9. The molecule has 0 saturated heterocycles. The molecule has 1 aromatic rings. The summed E-state index contributed by atoms with van der Waals surface area (Å²) in [7, 11) is 0. The predicted molar refractivity (Wildman–Crippen MR) is 92.2 cm³/mol. The fraction of sp³-hybridized carbons (Fsp3) is 0.684. The van der Waals surface area contributed by atoms with Crippen LogP contribution in [0.15, 0.2) is 24.3 Å². The Labute approximate surface area is 131 Å². The molecule has 0 aliphatic rings. The van der Waals surface area contributed by atoms with Gasteiger partial charge in [0, 0.05) is 12.1 Å². The highest BCUT2D eigenvalue weighted by atomic mass is 16.5. The summed E-state index contributed by atoms with van der Waals surface area (Å²) < 4.78 is 6.16. The van der Waals surface area contributed by atoms with Crippen LogP contribution >= 0.6 is 0 Å². The fourth-order valence-electron chi connectivity index (χ4n) is 2.17. The molecule has 21 heavy (non-hydrogen) atoms. The van der Waals surface area contributed by atoms with Crippen molar-refractivity contribution in [1.29, 1.82) is 0 Å². The summed E-state index contributed by atoms with van der Waals surface area (Å²) in [5, 5.41) is 3.54. The molecule has 1 unspecified atom stereocenters. The molecular formula is C19H33NO. The van der Waals surface area contributed by atoms with E-state index in [1.54, 1.807) is 0 Å². The third kappa shape index (κ3) is 6.99. The van der Waals surface area contributed by atoms with Crippen LogP contribution in [-0.4, -0.2) is 18.2 Å². The van der Waals surface area contributed by atoms with E-state index >= 15 is 0 Å². The van der Waals surface area contributed by atoms with E-state index in [4.69, 9.17) is 4.74 Å². The fourth-order valence-corrected chi connectivity index (χ4v) is 2.17. The lowest BCUT2D eigenvalue weighted by atomic mass is 9.87. The van der Waals surface area contributed by atoms with Crippen molar-refractivity contribution in [2.75, 3.05) is 6.54 Å². The van der Waals surface area contributed by atoms with Crippen LogP contribution in [0.25, 0.3) is 0 Å². The molecule has 0 aromatic heterocycles. The van der Waals surface area contributed by atoms with Crippen LogP contribution in [0.4, 0.5) is 0 Å². The molecule has 1 atom stereocenters. The van der Waals surface area contributed by atoms with Gasteiger partial charge in [-0.3, -0.25) is 0 Å². The van der Waals surface area contributed by atoms with Crippen LogP contribution < -0.4 is 10.1 Å². The smallest absolute Gasteiger partial charge is 0.119 e. The second kappa shape index (κ2) is 7.31. The van der Waals surface area contributed by atoms with E-state index in [1.165, 1.54) is 5.56 Å². The van der Waals surface area contributed by atoms with E-state index < -0.39 is 0 Å². The molecule has 2 heteroatoms. The van der Waals surface area contributed by atoms with Crippen molar-refractivity contribution in [3.8, 4) is 5.75 Å². The lowest BCUT2D eigenvalue weighted by Gasteiger charge is -2.26. The molecule has 0 fully saturated rings. The van der Waals surface area contributed by atoms with E-state index in [9.17, 15) is 0 Å². The van der Waals surface area contributed by atoms with Gasteiger partial charge < -0.3 is 10.1 Å². The van der Waals surface area contributed by atoms with Gasteiger partial charge in [0.15, 0.2) is 0 Å². The molecule has 120 valence electrons. The molecule has 1 N–H and O–H groups in total. The average Bonchev–Trinajstić information content (AvgIpc) is 2.35. The maximum Gasteiger partial charge on any atom is 0.119 e. The van der Waals surface area contributed by atoms with Gasteiger partial charge in [0.1, 0.15) is 11.9 Å². The summed E-state index contributed by atoms with van der Waals surface area (Å²) in [5.41, 5.74) is 1.66. The van der Waals surface area contributed by atoms with Gasteiger partial charge in [-0.05, 0) is 50.3 Å². The van der Waals surface area contributed by atoms with Crippen molar-refractivity contribution < 1.29 is 4.74 Å². The van der Waals surface area contributed by atoms with Gasteiger partial charge in [-0.2, -0.15) is 0 Å². The minimum absolute atomic E-state index is 0.130. The van der Waals surface area contributed by atoms with Gasteiger partial charge in [0.2, 0.25) is 0 Å². The Morgan fingerprint density at radius 2 is 1.57 bits per heavy atom. The van der Waals surface area contributed by atoms with Crippen LogP contribution in [-0.2, 0) is 5.41 Å². The van der Waals surface area contributed by atoms with Crippen molar-refractivity contribution in [1.82, 2.24) is 5.32 Å². The highest BCUT2D eigenvalue weighted by Gasteiger charge is 2.16. The highest BCUT2D eigenvalue weighted by Crippen LogP contribution is 2.25. The molecule has 0 spiro atoms. The van der Waals surface area contributed by atoms with E-state index in [1.807, 2.05) is 0 Å². The van der Waals surface area contributed by atoms with Gasteiger partial charge in [-0.15, -0.1) is 0 Å². The minimum atomic E-state index is 0.130. The zero-order chi connectivity index (χ0) is 16.1. The number of nitrogens with one attached hydrogen (secondary N) is 1. The van der Waals surface area contributed by atoms with Crippen molar-refractivity contribution in [2.24, 2.45) is 0 Å². The molecule has 0 saturated carbocycles. The van der Waals surface area contributed by atoms with Crippen molar-refractivity contribution in [2.45, 2.75) is 78.4 Å². The van der Waals surface area contributed by atoms with Crippen LogP contribution in [0.3, 0.4) is 0 Å². The molecule has 0 aliphatic heterocycles. The number of rotatable bonds is 6. The maximum atomic E-state index is 6.16. The number of ether oxygens (including phenoxy) is 1. The molecular weight excluding hydrogens is 258 g/mol. The van der Waals surface area contributed by atoms with E-state index in [2.05, 4.69) is 78.0 Å². The molecule has 0 amide bonds. The Bertz CT molecular complexity index is 409. The summed E-state index contributed by atoms with van der Waals surface area (Å²) in [6.07, 6.45) is 2.44. The van der Waals surface area contributed by atoms with E-state index in [0.29, 0.717) is 0 Å². The summed E-state index contributed by atoms with van der Waals surface area (Å²) in [4.78, 5) is 0. The Morgan fingerprint density at radius 3 is 2.00 bits per heavy atom. The van der Waals surface area contributed by atoms with Crippen molar-refractivity contribution >= 4 is 0 Å². The lowest BCUT2D eigenvalue weighted by molar-refractivity contribution is 0.175. The van der Waals surface area contributed by atoms with Gasteiger partial charge >= 0.3 is 0 Å². The minimum Gasteiger partial charge on any atom is -0.489 e. The molecule has 1 aromatic carbocycles. The summed E-state index contributed by atoms with van der Waals surface area (Å²) in [5.74, 6) is 0.970.